The number of ether oxygens (including phenoxy) is 2. The Hall–Kier alpha value is -3.37. The summed E-state index contributed by atoms with van der Waals surface area (Å²) in [5, 5.41) is 0. The number of halogens is 3. The lowest BCUT2D eigenvalue weighted by atomic mass is 10.1. The molecule has 10 heteroatoms. The number of esters is 1. The van der Waals surface area contributed by atoms with Crippen molar-refractivity contribution in [2.45, 2.75) is 26.1 Å². The highest BCUT2D eigenvalue weighted by Crippen LogP contribution is 2.43. The zero-order valence-electron chi connectivity index (χ0n) is 20.5. The Balaban J connectivity index is 1.41. The Morgan fingerprint density at radius 1 is 1.08 bits per heavy atom. The molecule has 1 aromatic heterocycles. The minimum atomic E-state index is -4.46. The van der Waals surface area contributed by atoms with E-state index in [0.717, 1.165) is 11.3 Å². The maximum Gasteiger partial charge on any atom is 0.426 e. The number of benzene rings is 2. The fourth-order valence-corrected chi connectivity index (χ4v) is 5.20. The van der Waals surface area contributed by atoms with Gasteiger partial charge in [0.15, 0.2) is 0 Å². The third-order valence-electron chi connectivity index (χ3n) is 5.86. The summed E-state index contributed by atoms with van der Waals surface area (Å²) in [5.74, 6) is 0.00650. The van der Waals surface area contributed by atoms with E-state index in [4.69, 9.17) is 9.47 Å². The summed E-state index contributed by atoms with van der Waals surface area (Å²) in [4.78, 5) is 27.5. The van der Waals surface area contributed by atoms with Crippen LogP contribution in [-0.2, 0) is 33.5 Å². The average molecular weight is 533 g/mol. The van der Waals surface area contributed by atoms with Crippen LogP contribution in [0.3, 0.4) is 0 Å². The zero-order valence-corrected chi connectivity index (χ0v) is 21.3. The highest BCUT2D eigenvalue weighted by Gasteiger charge is 2.36. The van der Waals surface area contributed by atoms with Gasteiger partial charge in [0.25, 0.3) is 0 Å². The third-order valence-corrected chi connectivity index (χ3v) is 7.02. The highest BCUT2D eigenvalue weighted by atomic mass is 32.1. The van der Waals surface area contributed by atoms with Crippen molar-refractivity contribution in [3.05, 3.63) is 69.9 Å². The number of amides is 1. The second kappa shape index (κ2) is 11.4. The summed E-state index contributed by atoms with van der Waals surface area (Å²) in [7, 11) is 1.68. The molecule has 0 spiro atoms. The van der Waals surface area contributed by atoms with Gasteiger partial charge in [0.05, 0.1) is 19.7 Å². The largest absolute Gasteiger partial charge is 0.488 e. The smallest absolute Gasteiger partial charge is 0.426 e. The van der Waals surface area contributed by atoms with Gasteiger partial charge in [-0.25, -0.2) is 0 Å². The molecule has 1 amide bonds. The lowest BCUT2D eigenvalue weighted by Crippen LogP contribution is -2.40. The number of thiophene rings is 1. The standard InChI is InChI=1S/C27H27F3N2O4S/c1-3-35-25(34)16-31(2)15-24(33)32-12-11-19-13-20(9-10-23(19)32)36-17-21-14-22(18-7-5-4-6-8-18)26(37-21)27(28,29)30/h4-10,13-14H,3,11-12,15-17H2,1-2H3. The van der Waals surface area contributed by atoms with E-state index in [0.29, 0.717) is 40.5 Å². The number of anilines is 1. The van der Waals surface area contributed by atoms with Crippen molar-refractivity contribution in [1.82, 2.24) is 4.90 Å². The molecule has 3 aromatic rings. The SMILES string of the molecule is CCOC(=O)CN(C)CC(=O)N1CCc2cc(OCc3cc(-c4ccccc4)c(C(F)(F)F)s3)ccc21. The molecule has 4 rings (SSSR count). The number of carbonyl (C=O) groups is 2. The van der Waals surface area contributed by atoms with Crippen LogP contribution in [0.1, 0.15) is 22.2 Å². The lowest BCUT2D eigenvalue weighted by Gasteiger charge is -2.21. The molecule has 0 saturated heterocycles. The second-order valence-corrected chi connectivity index (χ2v) is 9.81. The van der Waals surface area contributed by atoms with Gasteiger partial charge in [-0.05, 0) is 55.8 Å². The monoisotopic (exact) mass is 532 g/mol. The fraction of sp³-hybridized carbons (Fsp3) is 0.333. The van der Waals surface area contributed by atoms with Crippen LogP contribution in [0, 0.1) is 0 Å². The van der Waals surface area contributed by atoms with E-state index in [-0.39, 0.29) is 43.7 Å². The number of nitrogens with zero attached hydrogens (tertiary/aromatic N) is 2. The number of carbonyl (C=O) groups excluding carboxylic acids is 2. The first kappa shape index (κ1) is 26.7. The van der Waals surface area contributed by atoms with Gasteiger partial charge in [-0.3, -0.25) is 14.5 Å². The van der Waals surface area contributed by atoms with Gasteiger partial charge in [0.2, 0.25) is 5.91 Å². The molecule has 196 valence electrons. The van der Waals surface area contributed by atoms with E-state index in [9.17, 15) is 22.8 Å². The molecule has 0 fully saturated rings. The highest BCUT2D eigenvalue weighted by molar-refractivity contribution is 7.12. The number of hydrogen-bond acceptors (Lipinski definition) is 6. The molecular formula is C27H27F3N2O4S. The minimum Gasteiger partial charge on any atom is -0.488 e. The Morgan fingerprint density at radius 3 is 2.54 bits per heavy atom. The van der Waals surface area contributed by atoms with Gasteiger partial charge >= 0.3 is 12.1 Å². The molecule has 0 atom stereocenters. The van der Waals surface area contributed by atoms with Crippen molar-refractivity contribution in [2.75, 3.05) is 38.2 Å². The topological polar surface area (TPSA) is 59.1 Å². The Bertz CT molecular complexity index is 1260. The normalized spacial score (nSPS) is 13.1. The summed E-state index contributed by atoms with van der Waals surface area (Å²) < 4.78 is 51.7. The van der Waals surface area contributed by atoms with Crippen LogP contribution >= 0.6 is 11.3 Å². The maximum atomic E-state index is 13.6. The van der Waals surface area contributed by atoms with Crippen molar-refractivity contribution in [3.63, 3.8) is 0 Å². The Kier molecular flexibility index (Phi) is 8.19. The molecule has 0 aliphatic carbocycles. The maximum absolute atomic E-state index is 13.6. The van der Waals surface area contributed by atoms with Gasteiger partial charge in [-0.1, -0.05) is 30.3 Å². The molecule has 37 heavy (non-hydrogen) atoms. The van der Waals surface area contributed by atoms with Crippen molar-refractivity contribution in [3.8, 4) is 16.9 Å². The molecule has 2 heterocycles. The fourth-order valence-electron chi connectivity index (χ4n) is 4.24. The first-order valence-electron chi connectivity index (χ1n) is 11.8. The van der Waals surface area contributed by atoms with E-state index in [1.807, 2.05) is 6.07 Å². The molecular weight excluding hydrogens is 505 g/mol. The predicted molar refractivity (Wildman–Crippen MR) is 136 cm³/mol. The van der Waals surface area contributed by atoms with Crippen LogP contribution in [0.2, 0.25) is 0 Å². The summed E-state index contributed by atoms with van der Waals surface area (Å²) in [6, 6.07) is 15.3. The molecule has 0 radical (unpaired) electrons. The average Bonchev–Trinajstić information content (AvgIpc) is 3.47. The van der Waals surface area contributed by atoms with Crippen molar-refractivity contribution in [1.29, 1.82) is 0 Å². The molecule has 1 aliphatic heterocycles. The van der Waals surface area contributed by atoms with Gasteiger partial charge in [0.1, 0.15) is 17.2 Å². The van der Waals surface area contributed by atoms with Crippen LogP contribution in [0.15, 0.2) is 54.6 Å². The van der Waals surface area contributed by atoms with E-state index >= 15 is 0 Å². The van der Waals surface area contributed by atoms with Crippen LogP contribution in [0.25, 0.3) is 11.1 Å². The summed E-state index contributed by atoms with van der Waals surface area (Å²) in [6.45, 7) is 2.61. The zero-order chi connectivity index (χ0) is 26.6. The first-order chi connectivity index (χ1) is 17.7. The second-order valence-electron chi connectivity index (χ2n) is 8.67. The number of fused-ring (bicyclic) bond motifs is 1. The van der Waals surface area contributed by atoms with Crippen molar-refractivity contribution < 1.29 is 32.2 Å². The predicted octanol–water partition coefficient (Wildman–Crippen LogP) is 5.40. The van der Waals surface area contributed by atoms with Gasteiger partial charge in [-0.15, -0.1) is 11.3 Å². The summed E-state index contributed by atoms with van der Waals surface area (Å²) in [5.41, 5.74) is 2.34. The molecule has 0 saturated carbocycles. The molecule has 0 N–H and O–H groups in total. The molecule has 1 aliphatic rings. The third kappa shape index (κ3) is 6.50. The molecule has 0 unspecified atom stereocenters. The molecule has 2 aromatic carbocycles. The number of alkyl halides is 3. The quantitative estimate of drug-likeness (QED) is 0.346. The van der Waals surface area contributed by atoms with Crippen LogP contribution in [0.5, 0.6) is 5.75 Å². The summed E-state index contributed by atoms with van der Waals surface area (Å²) >= 11 is 0.683. The number of rotatable bonds is 9. The van der Waals surface area contributed by atoms with Gasteiger partial charge in [-0.2, -0.15) is 13.2 Å². The van der Waals surface area contributed by atoms with E-state index < -0.39 is 11.1 Å². The van der Waals surface area contributed by atoms with Crippen LogP contribution in [-0.4, -0.2) is 50.1 Å². The minimum absolute atomic E-state index is 0.000661. The Morgan fingerprint density at radius 2 is 1.84 bits per heavy atom. The number of likely N-dealkylation sites (N-methyl/N-ethyl adjacent to an activating group) is 1. The van der Waals surface area contributed by atoms with E-state index in [1.165, 1.54) is 6.07 Å². The summed E-state index contributed by atoms with van der Waals surface area (Å²) in [6.07, 6.45) is -3.82. The van der Waals surface area contributed by atoms with Crippen LogP contribution in [0.4, 0.5) is 18.9 Å². The van der Waals surface area contributed by atoms with Crippen LogP contribution < -0.4 is 9.64 Å². The van der Waals surface area contributed by atoms with E-state index in [2.05, 4.69) is 0 Å². The molecule has 6 nitrogen and oxygen atoms in total. The van der Waals surface area contributed by atoms with Crippen molar-refractivity contribution >= 4 is 28.9 Å². The van der Waals surface area contributed by atoms with Gasteiger partial charge in [0, 0.05) is 22.7 Å². The Labute approximate surface area is 217 Å². The lowest BCUT2D eigenvalue weighted by molar-refractivity contribution is -0.144. The molecule has 0 bridgehead atoms. The number of hydrogen-bond donors (Lipinski definition) is 0. The van der Waals surface area contributed by atoms with Gasteiger partial charge < -0.3 is 14.4 Å². The van der Waals surface area contributed by atoms with E-state index in [1.54, 1.807) is 66.2 Å². The first-order valence-corrected chi connectivity index (χ1v) is 12.6. The van der Waals surface area contributed by atoms with Crippen molar-refractivity contribution in [2.24, 2.45) is 0 Å².